The molecule has 172 valence electrons. The Balaban J connectivity index is 1.59. The number of aromatic nitrogens is 2. The van der Waals surface area contributed by atoms with Gasteiger partial charge in [-0.3, -0.25) is 19.0 Å². The zero-order chi connectivity index (χ0) is 24.2. The first-order chi connectivity index (χ1) is 16.3. The van der Waals surface area contributed by atoms with E-state index in [0.29, 0.717) is 28.0 Å². The highest BCUT2D eigenvalue weighted by molar-refractivity contribution is 7.99. The van der Waals surface area contributed by atoms with Gasteiger partial charge in [0, 0.05) is 18.3 Å². The van der Waals surface area contributed by atoms with Crippen LogP contribution in [0, 0.1) is 5.82 Å². The van der Waals surface area contributed by atoms with Crippen LogP contribution in [0.4, 0.5) is 15.8 Å². The molecule has 0 aliphatic heterocycles. The van der Waals surface area contributed by atoms with E-state index in [1.807, 2.05) is 0 Å². The summed E-state index contributed by atoms with van der Waals surface area (Å²) in [6, 6.07) is 17.5. The fourth-order valence-electron chi connectivity index (χ4n) is 3.23. The summed E-state index contributed by atoms with van der Waals surface area (Å²) in [6.45, 7) is 1.41. The Kier molecular flexibility index (Phi) is 6.95. The van der Waals surface area contributed by atoms with Gasteiger partial charge >= 0.3 is 0 Å². The van der Waals surface area contributed by atoms with Gasteiger partial charge in [-0.1, -0.05) is 35.5 Å². The number of nitrogens with one attached hydrogen (secondary N) is 2. The van der Waals surface area contributed by atoms with Gasteiger partial charge in [-0.2, -0.15) is 0 Å². The van der Waals surface area contributed by atoms with Crippen LogP contribution in [-0.4, -0.2) is 27.1 Å². The molecule has 0 aliphatic rings. The molecule has 4 rings (SSSR count). The van der Waals surface area contributed by atoms with E-state index in [1.54, 1.807) is 48.5 Å². The fourth-order valence-corrected chi connectivity index (χ4v) is 4.22. The Hall–Kier alpha value is -3.69. The van der Waals surface area contributed by atoms with Crippen LogP contribution in [0.2, 0.25) is 5.02 Å². The van der Waals surface area contributed by atoms with Crippen LogP contribution in [0.15, 0.2) is 76.7 Å². The molecule has 0 bridgehead atoms. The second-order valence-electron chi connectivity index (χ2n) is 7.25. The van der Waals surface area contributed by atoms with Crippen molar-refractivity contribution in [2.45, 2.75) is 12.1 Å². The SMILES string of the molecule is CC(=O)Nc1ccc(NC(=O)CSc2nc3ccccc3c(=O)n2-c2ccc(F)c(Cl)c2)cc1. The van der Waals surface area contributed by atoms with Crippen LogP contribution in [0.5, 0.6) is 0 Å². The fraction of sp³-hybridized carbons (Fsp3) is 0.0833. The summed E-state index contributed by atoms with van der Waals surface area (Å²) >= 11 is 7.00. The highest BCUT2D eigenvalue weighted by Crippen LogP contribution is 2.24. The van der Waals surface area contributed by atoms with Gasteiger partial charge in [-0.05, 0) is 54.6 Å². The highest BCUT2D eigenvalue weighted by Gasteiger charge is 2.16. The molecule has 2 N–H and O–H groups in total. The summed E-state index contributed by atoms with van der Waals surface area (Å²) in [5.74, 6) is -1.15. The van der Waals surface area contributed by atoms with E-state index in [-0.39, 0.29) is 33.3 Å². The molecule has 1 heterocycles. The Morgan fingerprint density at radius 1 is 1.03 bits per heavy atom. The molecule has 7 nitrogen and oxygen atoms in total. The molecule has 10 heteroatoms. The molecule has 0 unspecified atom stereocenters. The summed E-state index contributed by atoms with van der Waals surface area (Å²) in [6.07, 6.45) is 0. The number of carbonyl (C=O) groups excluding carboxylic acids is 2. The predicted octanol–water partition coefficient (Wildman–Crippen LogP) is 4.87. The van der Waals surface area contributed by atoms with Crippen molar-refractivity contribution in [2.24, 2.45) is 0 Å². The molecular weight excluding hydrogens is 479 g/mol. The van der Waals surface area contributed by atoms with E-state index < -0.39 is 5.82 Å². The highest BCUT2D eigenvalue weighted by atomic mass is 35.5. The minimum Gasteiger partial charge on any atom is -0.326 e. The maximum atomic E-state index is 13.7. The molecule has 3 aromatic carbocycles. The number of thioether (sulfide) groups is 1. The number of hydrogen-bond donors (Lipinski definition) is 2. The standard InChI is InChI=1S/C24H18ClFN4O3S/c1-14(31)27-15-6-8-16(9-7-15)28-22(32)13-34-24-29-21-5-3-2-4-18(21)23(33)30(24)17-10-11-20(26)19(25)12-17/h2-12H,13H2,1H3,(H,27,31)(H,28,32). The molecule has 0 aliphatic carbocycles. The number of anilines is 2. The van der Waals surface area contributed by atoms with Crippen LogP contribution in [-0.2, 0) is 9.59 Å². The summed E-state index contributed by atoms with van der Waals surface area (Å²) in [5.41, 5.74) is 1.63. The van der Waals surface area contributed by atoms with Crippen molar-refractivity contribution in [3.63, 3.8) is 0 Å². The maximum absolute atomic E-state index is 13.7. The van der Waals surface area contributed by atoms with Crippen LogP contribution >= 0.6 is 23.4 Å². The number of para-hydroxylation sites is 1. The molecular formula is C24H18ClFN4O3S. The van der Waals surface area contributed by atoms with Crippen LogP contribution < -0.4 is 16.2 Å². The molecule has 2 amide bonds. The second-order valence-corrected chi connectivity index (χ2v) is 8.60. The van der Waals surface area contributed by atoms with Crippen molar-refractivity contribution in [1.29, 1.82) is 0 Å². The number of hydrogen-bond acceptors (Lipinski definition) is 5. The third kappa shape index (κ3) is 5.27. The van der Waals surface area contributed by atoms with E-state index in [1.165, 1.54) is 29.7 Å². The normalized spacial score (nSPS) is 10.8. The van der Waals surface area contributed by atoms with Gasteiger partial charge in [-0.25, -0.2) is 9.37 Å². The van der Waals surface area contributed by atoms with Crippen LogP contribution in [0.3, 0.4) is 0 Å². The Morgan fingerprint density at radius 3 is 2.38 bits per heavy atom. The maximum Gasteiger partial charge on any atom is 0.266 e. The first-order valence-electron chi connectivity index (χ1n) is 10.1. The molecule has 0 spiro atoms. The second kappa shape index (κ2) is 10.1. The molecule has 4 aromatic rings. The van der Waals surface area contributed by atoms with Crippen molar-refractivity contribution < 1.29 is 14.0 Å². The average Bonchev–Trinajstić information content (AvgIpc) is 2.81. The van der Waals surface area contributed by atoms with Gasteiger partial charge in [0.1, 0.15) is 5.82 Å². The Morgan fingerprint density at radius 2 is 1.71 bits per heavy atom. The Bertz CT molecular complexity index is 1460. The van der Waals surface area contributed by atoms with Gasteiger partial charge in [0.05, 0.1) is 27.4 Å². The molecule has 0 atom stereocenters. The molecule has 1 aromatic heterocycles. The number of carbonyl (C=O) groups is 2. The van der Waals surface area contributed by atoms with Gasteiger partial charge in [0.25, 0.3) is 5.56 Å². The van der Waals surface area contributed by atoms with E-state index >= 15 is 0 Å². The first-order valence-corrected chi connectivity index (χ1v) is 11.5. The quantitative estimate of drug-likeness (QED) is 0.293. The van der Waals surface area contributed by atoms with E-state index in [9.17, 15) is 18.8 Å². The minimum absolute atomic E-state index is 0.0346. The minimum atomic E-state index is -0.606. The molecule has 0 fully saturated rings. The zero-order valence-electron chi connectivity index (χ0n) is 17.8. The number of amides is 2. The summed E-state index contributed by atoms with van der Waals surface area (Å²) < 4.78 is 15.0. The van der Waals surface area contributed by atoms with Crippen molar-refractivity contribution in [2.75, 3.05) is 16.4 Å². The summed E-state index contributed by atoms with van der Waals surface area (Å²) in [7, 11) is 0. The van der Waals surface area contributed by atoms with E-state index in [0.717, 1.165) is 11.8 Å². The largest absolute Gasteiger partial charge is 0.326 e. The Labute approximate surface area is 203 Å². The van der Waals surface area contributed by atoms with Crippen LogP contribution in [0.1, 0.15) is 6.92 Å². The number of benzene rings is 3. The lowest BCUT2D eigenvalue weighted by Crippen LogP contribution is -2.23. The number of rotatable bonds is 6. The van der Waals surface area contributed by atoms with Crippen molar-refractivity contribution in [3.8, 4) is 5.69 Å². The van der Waals surface area contributed by atoms with Crippen molar-refractivity contribution in [3.05, 3.63) is 87.9 Å². The lowest BCUT2D eigenvalue weighted by molar-refractivity contribution is -0.114. The summed E-state index contributed by atoms with van der Waals surface area (Å²) in [4.78, 5) is 41.5. The lowest BCUT2D eigenvalue weighted by atomic mass is 10.2. The summed E-state index contributed by atoms with van der Waals surface area (Å²) in [5, 5.41) is 5.93. The third-order valence-electron chi connectivity index (χ3n) is 4.73. The number of nitrogens with zero attached hydrogens (tertiary/aromatic N) is 2. The first kappa shape index (κ1) is 23.5. The topological polar surface area (TPSA) is 93.1 Å². The monoisotopic (exact) mass is 496 g/mol. The van der Waals surface area contributed by atoms with Gasteiger partial charge in [0.15, 0.2) is 5.16 Å². The van der Waals surface area contributed by atoms with Crippen molar-refractivity contribution >= 4 is 57.5 Å². The third-order valence-corrected chi connectivity index (χ3v) is 5.96. The number of halogens is 2. The lowest BCUT2D eigenvalue weighted by Gasteiger charge is -2.14. The van der Waals surface area contributed by atoms with Gasteiger partial charge in [-0.15, -0.1) is 0 Å². The molecule has 0 radical (unpaired) electrons. The average molecular weight is 497 g/mol. The van der Waals surface area contributed by atoms with Gasteiger partial charge < -0.3 is 10.6 Å². The van der Waals surface area contributed by atoms with E-state index in [2.05, 4.69) is 15.6 Å². The van der Waals surface area contributed by atoms with Crippen molar-refractivity contribution in [1.82, 2.24) is 9.55 Å². The molecule has 0 saturated heterocycles. The van der Waals surface area contributed by atoms with E-state index in [4.69, 9.17) is 11.6 Å². The molecule has 34 heavy (non-hydrogen) atoms. The number of fused-ring (bicyclic) bond motifs is 1. The van der Waals surface area contributed by atoms with Crippen LogP contribution in [0.25, 0.3) is 16.6 Å². The smallest absolute Gasteiger partial charge is 0.266 e. The van der Waals surface area contributed by atoms with Gasteiger partial charge in [0.2, 0.25) is 11.8 Å². The zero-order valence-corrected chi connectivity index (χ0v) is 19.4. The predicted molar refractivity (Wildman–Crippen MR) is 132 cm³/mol. The molecule has 0 saturated carbocycles.